The van der Waals surface area contributed by atoms with E-state index in [0.29, 0.717) is 54.3 Å². The van der Waals surface area contributed by atoms with E-state index in [4.69, 9.17) is 55.0 Å². The first-order valence-corrected chi connectivity index (χ1v) is 19.7. The summed E-state index contributed by atoms with van der Waals surface area (Å²) < 4.78 is 10.2. The van der Waals surface area contributed by atoms with E-state index in [2.05, 4.69) is 16.4 Å². The number of anilines is 1. The standard InChI is InChI=1S/C22H22ClN3O2.C14H13ClN2O.C8H10ClNO.HI/c1-14(27)26-10-9-20-17(13-26)22(16-5-3-4-6-19(16)25-20)24-12-15-7-8-21(28-2)18(23)11-15;1-9(18)17-7-6-13-11(8-17)14(15)10-4-2-3-5-12(10)16-13;1-11-8-3-2-6(5-10)4-7(8)9;/h3-8,11H,9-10,12-13H2,1-2H3,(H,24,25);2-5H,6-8H2,1H3;2-4H,5,10H2,1H3;1H. The van der Waals surface area contributed by atoms with E-state index in [-0.39, 0.29) is 35.8 Å². The first-order valence-electron chi connectivity index (χ1n) is 18.6. The Morgan fingerprint density at radius 1 is 0.707 bits per heavy atom. The largest absolute Gasteiger partial charge is 0.495 e. The van der Waals surface area contributed by atoms with Gasteiger partial charge in [-0.05, 0) is 47.5 Å². The first-order chi connectivity index (χ1) is 27.5. The normalized spacial score (nSPS) is 12.8. The molecule has 0 saturated heterocycles. The molecule has 0 saturated carbocycles. The zero-order chi connectivity index (χ0) is 40.6. The number of aromatic nitrogens is 2. The van der Waals surface area contributed by atoms with Crippen LogP contribution in [0.1, 0.15) is 47.5 Å². The Bertz CT molecular complexity index is 2430. The van der Waals surface area contributed by atoms with Crippen LogP contribution in [0.3, 0.4) is 0 Å². The Balaban J connectivity index is 0.000000183. The number of benzene rings is 4. The smallest absolute Gasteiger partial charge is 0.219 e. The van der Waals surface area contributed by atoms with Crippen molar-refractivity contribution >= 4 is 98.1 Å². The number of nitrogens with zero attached hydrogens (tertiary/aromatic N) is 4. The molecule has 8 rings (SSSR count). The van der Waals surface area contributed by atoms with Crippen LogP contribution in [0.4, 0.5) is 5.69 Å². The van der Waals surface area contributed by atoms with Crippen LogP contribution in [0.15, 0.2) is 84.9 Å². The molecule has 10 nitrogen and oxygen atoms in total. The van der Waals surface area contributed by atoms with Gasteiger partial charge in [0.1, 0.15) is 11.5 Å². The maximum absolute atomic E-state index is 11.9. The Kier molecular flexibility index (Phi) is 15.8. The van der Waals surface area contributed by atoms with Crippen LogP contribution in [0, 0.1) is 0 Å². The SMILES string of the molecule is CC(=O)N1CCc2nc3ccccc3c(Cl)c2C1.COc1ccc(CN)cc1Cl.COc1ccc(CNc2c3c(nc4ccccc24)CCN(C(C)=O)C3)cc1Cl.I. The lowest BCUT2D eigenvalue weighted by Gasteiger charge is -2.30. The van der Waals surface area contributed by atoms with Crippen molar-refractivity contribution in [1.29, 1.82) is 0 Å². The Morgan fingerprint density at radius 3 is 1.72 bits per heavy atom. The van der Waals surface area contributed by atoms with Gasteiger partial charge in [0.25, 0.3) is 0 Å². The maximum Gasteiger partial charge on any atom is 0.219 e. The van der Waals surface area contributed by atoms with Crippen molar-refractivity contribution in [2.24, 2.45) is 5.73 Å². The van der Waals surface area contributed by atoms with Gasteiger partial charge in [-0.15, -0.1) is 24.0 Å². The Morgan fingerprint density at radius 2 is 1.19 bits per heavy atom. The zero-order valence-corrected chi connectivity index (χ0v) is 37.4. The van der Waals surface area contributed by atoms with Gasteiger partial charge >= 0.3 is 0 Å². The molecule has 0 aliphatic carbocycles. The number of halogens is 4. The van der Waals surface area contributed by atoms with Crippen molar-refractivity contribution < 1.29 is 19.1 Å². The van der Waals surface area contributed by atoms with Crippen LogP contribution in [-0.4, -0.2) is 58.9 Å². The highest BCUT2D eigenvalue weighted by Crippen LogP contribution is 2.34. The molecule has 2 aliphatic rings. The van der Waals surface area contributed by atoms with Crippen LogP contribution in [0.25, 0.3) is 21.8 Å². The number of carbonyl (C=O) groups is 2. The summed E-state index contributed by atoms with van der Waals surface area (Å²) in [6.45, 7) is 6.91. The van der Waals surface area contributed by atoms with Crippen molar-refractivity contribution in [3.8, 4) is 11.5 Å². The van der Waals surface area contributed by atoms with Crippen molar-refractivity contribution in [3.05, 3.63) is 134 Å². The summed E-state index contributed by atoms with van der Waals surface area (Å²) in [5.74, 6) is 1.52. The molecule has 14 heteroatoms. The molecule has 0 fully saturated rings. The molecule has 0 unspecified atom stereocenters. The van der Waals surface area contributed by atoms with E-state index in [9.17, 15) is 9.59 Å². The molecule has 4 aromatic carbocycles. The fraction of sp³-hybridized carbons (Fsp3) is 0.273. The highest BCUT2D eigenvalue weighted by molar-refractivity contribution is 14.0. The number of hydrogen-bond acceptors (Lipinski definition) is 8. The molecule has 304 valence electrons. The van der Waals surface area contributed by atoms with Gasteiger partial charge in [0, 0.05) is 99.2 Å². The van der Waals surface area contributed by atoms with E-state index in [0.717, 1.165) is 85.5 Å². The van der Waals surface area contributed by atoms with Gasteiger partial charge in [-0.2, -0.15) is 0 Å². The maximum atomic E-state index is 11.9. The lowest BCUT2D eigenvalue weighted by atomic mass is 9.99. The summed E-state index contributed by atoms with van der Waals surface area (Å²) in [7, 11) is 3.19. The topological polar surface area (TPSA) is 123 Å². The molecule has 3 N–H and O–H groups in total. The first kappa shape index (κ1) is 44.7. The van der Waals surface area contributed by atoms with Crippen LogP contribution in [-0.2, 0) is 48.6 Å². The number of pyridine rings is 2. The molecule has 0 bridgehead atoms. The molecular formula is C44H46Cl3IN6O4. The predicted molar refractivity (Wildman–Crippen MR) is 245 cm³/mol. The number of carbonyl (C=O) groups excluding carboxylic acids is 2. The number of fused-ring (bicyclic) bond motifs is 4. The fourth-order valence-electron chi connectivity index (χ4n) is 6.91. The van der Waals surface area contributed by atoms with E-state index >= 15 is 0 Å². The number of methoxy groups -OCH3 is 2. The summed E-state index contributed by atoms with van der Waals surface area (Å²) in [6, 6.07) is 27.2. The number of ether oxygens (including phenoxy) is 2. The third-order valence-corrected chi connectivity index (χ3v) is 11.1. The molecule has 0 spiro atoms. The molecule has 2 amide bonds. The van der Waals surface area contributed by atoms with Gasteiger partial charge in [0.15, 0.2) is 0 Å². The highest BCUT2D eigenvalue weighted by atomic mass is 127. The molecule has 2 aliphatic heterocycles. The number of nitrogens with two attached hydrogens (primary N) is 1. The number of hydrogen-bond donors (Lipinski definition) is 2. The minimum Gasteiger partial charge on any atom is -0.495 e. The van der Waals surface area contributed by atoms with Crippen molar-refractivity contribution in [3.63, 3.8) is 0 Å². The average molecular weight is 956 g/mol. The molecule has 58 heavy (non-hydrogen) atoms. The van der Waals surface area contributed by atoms with Gasteiger partial charge in [0.05, 0.1) is 46.0 Å². The predicted octanol–water partition coefficient (Wildman–Crippen LogP) is 9.63. The monoisotopic (exact) mass is 954 g/mol. The van der Waals surface area contributed by atoms with Crippen molar-refractivity contribution in [2.75, 3.05) is 32.6 Å². The van der Waals surface area contributed by atoms with Gasteiger partial charge in [0.2, 0.25) is 11.8 Å². The van der Waals surface area contributed by atoms with Gasteiger partial charge in [-0.25, -0.2) is 0 Å². The molecule has 0 radical (unpaired) electrons. The Hall–Kier alpha value is -4.40. The second kappa shape index (κ2) is 20.5. The van der Waals surface area contributed by atoms with E-state index in [1.807, 2.05) is 82.6 Å². The van der Waals surface area contributed by atoms with Crippen LogP contribution < -0.4 is 20.5 Å². The summed E-state index contributed by atoms with van der Waals surface area (Å²) in [5.41, 5.74) is 14.6. The number of para-hydroxylation sites is 2. The lowest BCUT2D eigenvalue weighted by Crippen LogP contribution is -2.35. The summed E-state index contributed by atoms with van der Waals surface area (Å²) in [5, 5.41) is 7.54. The Labute approximate surface area is 371 Å². The summed E-state index contributed by atoms with van der Waals surface area (Å²) in [6.07, 6.45) is 1.54. The van der Waals surface area contributed by atoms with Crippen molar-refractivity contribution in [1.82, 2.24) is 19.8 Å². The minimum absolute atomic E-state index is 0. The van der Waals surface area contributed by atoms with E-state index in [1.165, 1.54) is 0 Å². The average Bonchev–Trinajstić information content (AvgIpc) is 3.22. The lowest BCUT2D eigenvalue weighted by molar-refractivity contribution is -0.130. The van der Waals surface area contributed by atoms with Crippen molar-refractivity contribution in [2.45, 2.75) is 52.9 Å². The number of rotatable bonds is 6. The van der Waals surface area contributed by atoms with Gasteiger partial charge < -0.3 is 30.3 Å². The fourth-order valence-corrected chi connectivity index (χ4v) is 7.80. The summed E-state index contributed by atoms with van der Waals surface area (Å²) >= 11 is 18.5. The van der Waals surface area contributed by atoms with Crippen LogP contribution >= 0.6 is 58.8 Å². The van der Waals surface area contributed by atoms with E-state index < -0.39 is 0 Å². The zero-order valence-electron chi connectivity index (χ0n) is 32.8. The minimum atomic E-state index is 0. The molecule has 2 aromatic heterocycles. The number of amides is 2. The summed E-state index contributed by atoms with van der Waals surface area (Å²) in [4.78, 5) is 36.5. The third kappa shape index (κ3) is 10.4. The molecule has 6 aromatic rings. The van der Waals surface area contributed by atoms with Crippen LogP contribution in [0.2, 0.25) is 15.1 Å². The molecule has 4 heterocycles. The third-order valence-electron chi connectivity index (χ3n) is 10.1. The quantitative estimate of drug-likeness (QED) is 0.158. The second-order valence-electron chi connectivity index (χ2n) is 13.7. The highest BCUT2D eigenvalue weighted by Gasteiger charge is 2.25. The van der Waals surface area contributed by atoms with Gasteiger partial charge in [-0.1, -0.05) is 83.3 Å². The van der Waals surface area contributed by atoms with Crippen LogP contribution in [0.5, 0.6) is 11.5 Å². The second-order valence-corrected chi connectivity index (χ2v) is 14.9. The van der Waals surface area contributed by atoms with Gasteiger partial charge in [-0.3, -0.25) is 19.6 Å². The number of nitrogens with one attached hydrogen (secondary N) is 1. The van der Waals surface area contributed by atoms with E-state index in [1.54, 1.807) is 34.1 Å². The molecular weight excluding hydrogens is 910 g/mol. The molecule has 0 atom stereocenters.